The van der Waals surface area contributed by atoms with Gasteiger partial charge in [-0.3, -0.25) is 13.9 Å². The molecule has 1 aliphatic rings. The second-order valence-electron chi connectivity index (χ2n) is 7.47. The van der Waals surface area contributed by atoms with Crippen molar-refractivity contribution >= 4 is 27.5 Å². The largest absolute Gasteiger partial charge is 0.497 e. The van der Waals surface area contributed by atoms with Crippen molar-refractivity contribution in [2.75, 3.05) is 38.1 Å². The van der Waals surface area contributed by atoms with Crippen LogP contribution in [0.3, 0.4) is 0 Å². The molecule has 178 valence electrons. The monoisotopic (exact) mass is 477 g/mol. The minimum atomic E-state index is -3.83. The van der Waals surface area contributed by atoms with Crippen LogP contribution in [0.15, 0.2) is 42.5 Å². The zero-order valence-corrected chi connectivity index (χ0v) is 19.7. The van der Waals surface area contributed by atoms with Crippen molar-refractivity contribution in [3.8, 4) is 17.2 Å². The Hall–Kier alpha value is -3.47. The van der Waals surface area contributed by atoms with E-state index in [1.165, 1.54) is 31.2 Å². The molecule has 0 aromatic heterocycles. The van der Waals surface area contributed by atoms with E-state index in [9.17, 15) is 18.0 Å². The molecule has 0 saturated heterocycles. The number of nitrogens with one attached hydrogen (secondary N) is 1. The van der Waals surface area contributed by atoms with Gasteiger partial charge in [-0.2, -0.15) is 0 Å². The van der Waals surface area contributed by atoms with Crippen molar-refractivity contribution in [3.63, 3.8) is 0 Å². The molecule has 2 aromatic rings. The SMILES string of the molecule is CNC(=O)[C@@H](C)N(Cc1cccc(OC)c1)C(=O)CN(c1ccc2c(c1)OCO2)S(C)(=O)=O. The van der Waals surface area contributed by atoms with Gasteiger partial charge in [0.05, 0.1) is 19.1 Å². The van der Waals surface area contributed by atoms with Crippen LogP contribution >= 0.6 is 0 Å². The van der Waals surface area contributed by atoms with Gasteiger partial charge in [0, 0.05) is 19.7 Å². The number of amides is 2. The Kier molecular flexibility index (Phi) is 7.32. The molecule has 11 heteroatoms. The average Bonchev–Trinajstić information content (AvgIpc) is 3.27. The fraction of sp³-hybridized carbons (Fsp3) is 0.364. The van der Waals surface area contributed by atoms with E-state index in [4.69, 9.17) is 14.2 Å². The van der Waals surface area contributed by atoms with Gasteiger partial charge < -0.3 is 24.4 Å². The smallest absolute Gasteiger partial charge is 0.244 e. The number of carbonyl (C=O) groups is 2. The Labute approximate surface area is 193 Å². The van der Waals surface area contributed by atoms with Gasteiger partial charge in [-0.15, -0.1) is 0 Å². The van der Waals surface area contributed by atoms with Gasteiger partial charge in [-0.05, 0) is 36.8 Å². The first-order chi connectivity index (χ1) is 15.6. The molecule has 1 heterocycles. The highest BCUT2D eigenvalue weighted by atomic mass is 32.2. The van der Waals surface area contributed by atoms with Gasteiger partial charge in [-0.25, -0.2) is 8.42 Å². The minimum absolute atomic E-state index is 0.0363. The highest BCUT2D eigenvalue weighted by Crippen LogP contribution is 2.36. The van der Waals surface area contributed by atoms with Crippen LogP contribution < -0.4 is 23.8 Å². The van der Waals surface area contributed by atoms with Crippen LogP contribution in [0, 0.1) is 0 Å². The molecule has 2 amide bonds. The lowest BCUT2D eigenvalue weighted by Gasteiger charge is -2.31. The van der Waals surface area contributed by atoms with Crippen molar-refractivity contribution in [1.82, 2.24) is 10.2 Å². The van der Waals surface area contributed by atoms with Crippen LogP contribution in [0.2, 0.25) is 0 Å². The Bertz CT molecular complexity index is 1140. The molecule has 0 spiro atoms. The van der Waals surface area contributed by atoms with Gasteiger partial charge in [-0.1, -0.05) is 12.1 Å². The fourth-order valence-electron chi connectivity index (χ4n) is 3.41. The summed E-state index contributed by atoms with van der Waals surface area (Å²) < 4.78 is 42.0. The van der Waals surface area contributed by atoms with Crippen LogP contribution in [-0.4, -0.2) is 64.9 Å². The Morgan fingerprint density at radius 3 is 2.55 bits per heavy atom. The topological polar surface area (TPSA) is 114 Å². The van der Waals surface area contributed by atoms with Crippen molar-refractivity contribution < 1.29 is 32.2 Å². The van der Waals surface area contributed by atoms with Gasteiger partial charge >= 0.3 is 0 Å². The van der Waals surface area contributed by atoms with E-state index in [1.54, 1.807) is 37.3 Å². The highest BCUT2D eigenvalue weighted by Gasteiger charge is 2.30. The number of hydrogen-bond donors (Lipinski definition) is 1. The first-order valence-electron chi connectivity index (χ1n) is 10.2. The Morgan fingerprint density at radius 1 is 1.15 bits per heavy atom. The van der Waals surface area contributed by atoms with E-state index >= 15 is 0 Å². The third-order valence-corrected chi connectivity index (χ3v) is 6.36. The number of methoxy groups -OCH3 is 1. The predicted molar refractivity (Wildman–Crippen MR) is 122 cm³/mol. The zero-order valence-electron chi connectivity index (χ0n) is 18.9. The Morgan fingerprint density at radius 2 is 1.88 bits per heavy atom. The summed E-state index contributed by atoms with van der Waals surface area (Å²) in [5.74, 6) is 0.565. The summed E-state index contributed by atoms with van der Waals surface area (Å²) in [7, 11) is -0.823. The van der Waals surface area contributed by atoms with E-state index in [-0.39, 0.29) is 24.9 Å². The number of anilines is 1. The minimum Gasteiger partial charge on any atom is -0.497 e. The average molecular weight is 478 g/mol. The summed E-state index contributed by atoms with van der Waals surface area (Å²) in [6, 6.07) is 10.9. The fourth-order valence-corrected chi connectivity index (χ4v) is 4.25. The summed E-state index contributed by atoms with van der Waals surface area (Å²) in [6.07, 6.45) is 1.01. The molecule has 0 aliphatic carbocycles. The number of fused-ring (bicyclic) bond motifs is 1. The van der Waals surface area contributed by atoms with Gasteiger partial charge in [0.25, 0.3) is 0 Å². The quantitative estimate of drug-likeness (QED) is 0.580. The molecule has 1 aliphatic heterocycles. The van der Waals surface area contributed by atoms with Crippen molar-refractivity contribution in [2.45, 2.75) is 19.5 Å². The molecule has 0 fully saturated rings. The molecule has 1 N–H and O–H groups in total. The maximum absolute atomic E-state index is 13.4. The molecule has 2 aromatic carbocycles. The van der Waals surface area contributed by atoms with Crippen LogP contribution in [-0.2, 0) is 26.2 Å². The second kappa shape index (κ2) is 9.99. The lowest BCUT2D eigenvalue weighted by Crippen LogP contribution is -2.50. The number of carbonyl (C=O) groups excluding carboxylic acids is 2. The molecule has 3 rings (SSSR count). The standard InChI is InChI=1S/C22H27N3O7S/c1-15(22(27)23-2)24(12-16-6-5-7-18(10-16)30-3)21(26)13-25(33(4,28)29)17-8-9-19-20(11-17)32-14-31-19/h5-11,15H,12-14H2,1-4H3,(H,23,27)/t15-/m1/s1. The maximum atomic E-state index is 13.4. The van der Waals surface area contributed by atoms with Crippen molar-refractivity contribution in [3.05, 3.63) is 48.0 Å². The van der Waals surface area contributed by atoms with Crippen molar-refractivity contribution in [1.29, 1.82) is 0 Å². The molecule has 1 atom stereocenters. The molecular weight excluding hydrogens is 450 g/mol. The van der Waals surface area contributed by atoms with E-state index in [0.29, 0.717) is 17.2 Å². The maximum Gasteiger partial charge on any atom is 0.244 e. The van der Waals surface area contributed by atoms with Gasteiger partial charge in [0.2, 0.25) is 28.6 Å². The van der Waals surface area contributed by atoms with Crippen molar-refractivity contribution in [2.24, 2.45) is 0 Å². The molecule has 0 bridgehead atoms. The lowest BCUT2D eigenvalue weighted by molar-refractivity contribution is -0.139. The number of nitrogens with zero attached hydrogens (tertiary/aromatic N) is 2. The third kappa shape index (κ3) is 5.67. The molecule has 0 radical (unpaired) electrons. The van der Waals surface area contributed by atoms with Crippen LogP contribution in [0.1, 0.15) is 12.5 Å². The molecule has 33 heavy (non-hydrogen) atoms. The number of sulfonamides is 1. The number of ether oxygens (including phenoxy) is 3. The van der Waals surface area contributed by atoms with E-state index in [0.717, 1.165) is 16.1 Å². The summed E-state index contributed by atoms with van der Waals surface area (Å²) in [4.78, 5) is 27.1. The highest BCUT2D eigenvalue weighted by molar-refractivity contribution is 7.92. The first kappa shape index (κ1) is 24.2. The van der Waals surface area contributed by atoms with E-state index in [1.807, 2.05) is 0 Å². The van der Waals surface area contributed by atoms with E-state index < -0.39 is 28.5 Å². The molecular formula is C22H27N3O7S. The normalized spacial score (nSPS) is 13.2. The number of benzene rings is 2. The summed E-state index contributed by atoms with van der Waals surface area (Å²) >= 11 is 0. The molecule has 0 unspecified atom stereocenters. The number of hydrogen-bond acceptors (Lipinski definition) is 7. The lowest BCUT2D eigenvalue weighted by atomic mass is 10.1. The predicted octanol–water partition coefficient (Wildman–Crippen LogP) is 1.35. The van der Waals surface area contributed by atoms with Gasteiger partial charge in [0.1, 0.15) is 18.3 Å². The molecule has 10 nitrogen and oxygen atoms in total. The third-order valence-electron chi connectivity index (χ3n) is 5.22. The van der Waals surface area contributed by atoms with Crippen LogP contribution in [0.4, 0.5) is 5.69 Å². The van der Waals surface area contributed by atoms with E-state index in [2.05, 4.69) is 5.32 Å². The second-order valence-corrected chi connectivity index (χ2v) is 9.38. The molecule has 0 saturated carbocycles. The zero-order chi connectivity index (χ0) is 24.2. The van der Waals surface area contributed by atoms with Crippen LogP contribution in [0.5, 0.6) is 17.2 Å². The first-order valence-corrected chi connectivity index (χ1v) is 12.0. The van der Waals surface area contributed by atoms with Crippen LogP contribution in [0.25, 0.3) is 0 Å². The Balaban J connectivity index is 1.91. The summed E-state index contributed by atoms with van der Waals surface area (Å²) in [5.41, 5.74) is 0.983. The summed E-state index contributed by atoms with van der Waals surface area (Å²) in [6.45, 7) is 1.21. The number of rotatable bonds is 9. The summed E-state index contributed by atoms with van der Waals surface area (Å²) in [5, 5.41) is 2.53. The number of likely N-dealkylation sites (N-methyl/N-ethyl adjacent to an activating group) is 1. The van der Waals surface area contributed by atoms with Gasteiger partial charge in [0.15, 0.2) is 11.5 Å².